The number of rotatable bonds is 9. The van der Waals surface area contributed by atoms with Crippen molar-refractivity contribution in [2.24, 2.45) is 0 Å². The molecule has 0 amide bonds. The first-order valence-electron chi connectivity index (χ1n) is 12.1. The van der Waals surface area contributed by atoms with E-state index in [2.05, 4.69) is 66.8 Å². The third kappa shape index (κ3) is 6.41. The van der Waals surface area contributed by atoms with Gasteiger partial charge in [-0.3, -0.25) is 0 Å². The van der Waals surface area contributed by atoms with Gasteiger partial charge in [0.25, 0.3) is 0 Å². The highest BCUT2D eigenvalue weighted by Gasteiger charge is 2.24. The minimum absolute atomic E-state index is 0.0355. The van der Waals surface area contributed by atoms with E-state index in [1.165, 1.54) is 5.56 Å². The minimum Gasteiger partial charge on any atom is -0.306 e. The van der Waals surface area contributed by atoms with Gasteiger partial charge in [0.1, 0.15) is 0 Å². The van der Waals surface area contributed by atoms with Crippen LogP contribution in [-0.2, 0) is 6.42 Å². The first-order chi connectivity index (χ1) is 17.6. The third-order valence-corrected chi connectivity index (χ3v) is 6.82. The lowest BCUT2D eigenvalue weighted by Gasteiger charge is -2.30. The predicted molar refractivity (Wildman–Crippen MR) is 147 cm³/mol. The fraction of sp³-hybridized carbons (Fsp3) is 0.188. The molecule has 0 fully saturated rings. The molecule has 0 aliphatic rings. The van der Waals surface area contributed by atoms with Gasteiger partial charge in [-0.1, -0.05) is 84.4 Å². The molecular weight excluding hydrogens is 462 g/mol. The molecule has 0 bridgehead atoms. The zero-order chi connectivity index (χ0) is 25.3. The summed E-state index contributed by atoms with van der Waals surface area (Å²) in [5, 5.41) is 23.6. The molecule has 0 saturated heterocycles. The van der Waals surface area contributed by atoms with Gasteiger partial charge >= 0.3 is 0 Å². The number of halogens is 1. The van der Waals surface area contributed by atoms with Gasteiger partial charge in [-0.25, -0.2) is 0 Å². The summed E-state index contributed by atoms with van der Waals surface area (Å²) in [5.41, 5.74) is 6.27. The maximum atomic E-state index is 9.64. The molecule has 4 heteroatoms. The number of nitriles is 2. The number of hydrogen-bond acceptors (Lipinski definition) is 3. The Morgan fingerprint density at radius 3 is 2.19 bits per heavy atom. The van der Waals surface area contributed by atoms with E-state index in [1.807, 2.05) is 60.7 Å². The van der Waals surface area contributed by atoms with Crippen LogP contribution in [0.1, 0.15) is 47.6 Å². The molecule has 3 nitrogen and oxygen atoms in total. The Labute approximate surface area is 218 Å². The first kappa shape index (κ1) is 25.2. The molecule has 0 aromatic heterocycles. The topological polar surface area (TPSA) is 59.6 Å². The highest BCUT2D eigenvalue weighted by atomic mass is 35.5. The zero-order valence-electron chi connectivity index (χ0n) is 20.2. The molecule has 0 saturated carbocycles. The van der Waals surface area contributed by atoms with Crippen LogP contribution >= 0.6 is 11.6 Å². The van der Waals surface area contributed by atoms with Gasteiger partial charge in [0.15, 0.2) is 0 Å². The van der Waals surface area contributed by atoms with Crippen LogP contribution in [0.5, 0.6) is 0 Å². The molecule has 1 N–H and O–H groups in total. The van der Waals surface area contributed by atoms with E-state index in [-0.39, 0.29) is 18.0 Å². The largest absolute Gasteiger partial charge is 0.306 e. The second-order valence-corrected chi connectivity index (χ2v) is 9.47. The monoisotopic (exact) mass is 489 g/mol. The average molecular weight is 490 g/mol. The van der Waals surface area contributed by atoms with Gasteiger partial charge in [0, 0.05) is 23.0 Å². The number of nitrogens with zero attached hydrogens (tertiary/aromatic N) is 2. The van der Waals surface area contributed by atoms with Crippen molar-refractivity contribution in [1.82, 2.24) is 5.32 Å². The van der Waals surface area contributed by atoms with Crippen molar-refractivity contribution in [3.8, 4) is 23.3 Å². The molecule has 3 atom stereocenters. The zero-order valence-corrected chi connectivity index (χ0v) is 21.0. The maximum absolute atomic E-state index is 9.64. The molecule has 1 unspecified atom stereocenters. The number of hydrogen-bond donors (Lipinski definition) is 1. The SMILES string of the molecule is C[C@H](NC(CC#N)c1cccc(-c2ccccc2)c1)[C@@H](Cc1ccc(Cl)cc1)c1cccc(C#N)c1. The fourth-order valence-corrected chi connectivity index (χ4v) is 4.79. The van der Waals surface area contributed by atoms with Gasteiger partial charge in [-0.05, 0) is 71.5 Å². The van der Waals surface area contributed by atoms with E-state index in [4.69, 9.17) is 11.6 Å². The van der Waals surface area contributed by atoms with Gasteiger partial charge in [0.05, 0.1) is 24.1 Å². The Kier molecular flexibility index (Phi) is 8.53. The lowest BCUT2D eigenvalue weighted by Crippen LogP contribution is -2.36. The van der Waals surface area contributed by atoms with E-state index in [1.54, 1.807) is 0 Å². The van der Waals surface area contributed by atoms with Crippen LogP contribution in [0.3, 0.4) is 0 Å². The Balaban J connectivity index is 1.64. The molecule has 4 aromatic rings. The van der Waals surface area contributed by atoms with E-state index in [0.29, 0.717) is 17.0 Å². The normalized spacial score (nSPS) is 13.2. The number of nitrogens with one attached hydrogen (secondary N) is 1. The Hall–Kier alpha value is -3.89. The quantitative estimate of drug-likeness (QED) is 0.260. The summed E-state index contributed by atoms with van der Waals surface area (Å²) in [4.78, 5) is 0. The van der Waals surface area contributed by atoms with Crippen LogP contribution in [0.25, 0.3) is 11.1 Å². The Morgan fingerprint density at radius 1 is 0.778 bits per heavy atom. The van der Waals surface area contributed by atoms with Crippen molar-refractivity contribution < 1.29 is 0 Å². The van der Waals surface area contributed by atoms with Crippen molar-refractivity contribution in [3.05, 3.63) is 130 Å². The number of benzene rings is 4. The van der Waals surface area contributed by atoms with Crippen molar-refractivity contribution >= 4 is 11.6 Å². The summed E-state index contributed by atoms with van der Waals surface area (Å²) in [6.07, 6.45) is 1.14. The Morgan fingerprint density at radius 2 is 1.47 bits per heavy atom. The van der Waals surface area contributed by atoms with Crippen LogP contribution in [0.15, 0.2) is 103 Å². The predicted octanol–water partition coefficient (Wildman–Crippen LogP) is 7.84. The summed E-state index contributed by atoms with van der Waals surface area (Å²) >= 11 is 6.12. The van der Waals surface area contributed by atoms with Crippen LogP contribution in [-0.4, -0.2) is 6.04 Å². The van der Waals surface area contributed by atoms with E-state index >= 15 is 0 Å². The molecule has 0 aliphatic carbocycles. The average Bonchev–Trinajstić information content (AvgIpc) is 2.93. The molecule has 0 radical (unpaired) electrons. The van der Waals surface area contributed by atoms with Gasteiger partial charge in [-0.2, -0.15) is 10.5 Å². The first-order valence-corrected chi connectivity index (χ1v) is 12.5. The summed E-state index contributed by atoms with van der Waals surface area (Å²) in [6, 6.07) is 38.9. The second kappa shape index (κ2) is 12.2. The molecule has 0 aliphatic heterocycles. The smallest absolute Gasteiger partial charge is 0.0991 e. The molecule has 0 heterocycles. The van der Waals surface area contributed by atoms with Gasteiger partial charge in [-0.15, -0.1) is 0 Å². The van der Waals surface area contributed by atoms with Crippen LogP contribution in [0, 0.1) is 22.7 Å². The molecule has 4 rings (SSSR count). The fourth-order valence-electron chi connectivity index (χ4n) is 4.66. The van der Waals surface area contributed by atoms with E-state index < -0.39 is 0 Å². The van der Waals surface area contributed by atoms with Gasteiger partial charge in [0.2, 0.25) is 0 Å². The summed E-state index contributed by atoms with van der Waals surface area (Å²) in [5.74, 6) is 0.0953. The second-order valence-electron chi connectivity index (χ2n) is 9.04. The highest BCUT2D eigenvalue weighted by Crippen LogP contribution is 2.30. The van der Waals surface area contributed by atoms with Gasteiger partial charge < -0.3 is 5.32 Å². The standard InChI is InChI=1S/C32H28ClN3/c1-23(31(20-24-13-15-30(33)16-14-24)28-11-5-7-25(19-28)22-35)36-32(17-18-34)29-12-6-10-27(21-29)26-8-3-2-4-9-26/h2-16,19,21,23,31-32,36H,17,20H2,1H3/t23-,31+,32?/m0/s1. The van der Waals surface area contributed by atoms with Crippen molar-refractivity contribution in [1.29, 1.82) is 10.5 Å². The van der Waals surface area contributed by atoms with Crippen molar-refractivity contribution in [2.75, 3.05) is 0 Å². The lowest BCUT2D eigenvalue weighted by molar-refractivity contribution is 0.401. The van der Waals surface area contributed by atoms with E-state index in [9.17, 15) is 10.5 Å². The molecule has 178 valence electrons. The van der Waals surface area contributed by atoms with Crippen molar-refractivity contribution in [2.45, 2.75) is 37.8 Å². The van der Waals surface area contributed by atoms with E-state index in [0.717, 1.165) is 28.7 Å². The van der Waals surface area contributed by atoms with Crippen LogP contribution in [0.4, 0.5) is 0 Å². The molecule has 4 aromatic carbocycles. The lowest BCUT2D eigenvalue weighted by atomic mass is 9.85. The highest BCUT2D eigenvalue weighted by molar-refractivity contribution is 6.30. The summed E-state index contributed by atoms with van der Waals surface area (Å²) in [6.45, 7) is 2.16. The summed E-state index contributed by atoms with van der Waals surface area (Å²) < 4.78 is 0. The maximum Gasteiger partial charge on any atom is 0.0991 e. The van der Waals surface area contributed by atoms with Crippen molar-refractivity contribution in [3.63, 3.8) is 0 Å². The van der Waals surface area contributed by atoms with Crippen LogP contribution < -0.4 is 5.32 Å². The molecule has 0 spiro atoms. The van der Waals surface area contributed by atoms with Crippen LogP contribution in [0.2, 0.25) is 5.02 Å². The molecule has 36 heavy (non-hydrogen) atoms. The summed E-state index contributed by atoms with van der Waals surface area (Å²) in [7, 11) is 0. The third-order valence-electron chi connectivity index (χ3n) is 6.57. The molecular formula is C32H28ClN3. The minimum atomic E-state index is -0.125. The Bertz CT molecular complexity index is 1370.